The first-order chi connectivity index (χ1) is 10.2. The lowest BCUT2D eigenvalue weighted by Crippen LogP contribution is -2.46. The standard InChI is InChI=1S/C13H17BrN2O5S/c1-9(13(18)19)16(8-7-15-10(2)17)22(20,21)12-5-3-11(14)4-6-12/h3-6,9H,7-8H2,1-2H3,(H,15,17)(H,18,19). The van der Waals surface area contributed by atoms with Crippen LogP contribution in [0.5, 0.6) is 0 Å². The fraction of sp³-hybridized carbons (Fsp3) is 0.385. The van der Waals surface area contributed by atoms with Crippen LogP contribution in [0.4, 0.5) is 0 Å². The summed E-state index contributed by atoms with van der Waals surface area (Å²) < 4.78 is 26.8. The number of nitrogens with one attached hydrogen (secondary N) is 1. The second-order valence-corrected chi connectivity index (χ2v) is 7.37. The Balaban J connectivity index is 3.09. The molecule has 7 nitrogen and oxygen atoms in total. The van der Waals surface area contributed by atoms with E-state index in [2.05, 4.69) is 21.2 Å². The predicted octanol–water partition coefficient (Wildman–Crippen LogP) is 1.05. The van der Waals surface area contributed by atoms with Gasteiger partial charge in [0, 0.05) is 24.5 Å². The zero-order valence-corrected chi connectivity index (χ0v) is 14.5. The summed E-state index contributed by atoms with van der Waals surface area (Å²) in [6.07, 6.45) is 0. The van der Waals surface area contributed by atoms with Gasteiger partial charge in [0.15, 0.2) is 0 Å². The molecule has 9 heteroatoms. The third-order valence-electron chi connectivity index (χ3n) is 2.92. The van der Waals surface area contributed by atoms with E-state index in [-0.39, 0.29) is 23.9 Å². The molecule has 0 aliphatic rings. The number of hydrogen-bond acceptors (Lipinski definition) is 4. The number of sulfonamides is 1. The van der Waals surface area contributed by atoms with Gasteiger partial charge in [-0.15, -0.1) is 0 Å². The van der Waals surface area contributed by atoms with Crippen molar-refractivity contribution in [1.29, 1.82) is 0 Å². The van der Waals surface area contributed by atoms with Crippen molar-refractivity contribution in [3.05, 3.63) is 28.7 Å². The smallest absolute Gasteiger partial charge is 0.321 e. The fourth-order valence-electron chi connectivity index (χ4n) is 1.73. The molecule has 0 spiro atoms. The maximum atomic E-state index is 12.6. The van der Waals surface area contributed by atoms with Crippen LogP contribution < -0.4 is 5.32 Å². The predicted molar refractivity (Wildman–Crippen MR) is 83.8 cm³/mol. The molecule has 1 aromatic carbocycles. The molecule has 0 aliphatic carbocycles. The van der Waals surface area contributed by atoms with Crippen molar-refractivity contribution in [3.63, 3.8) is 0 Å². The van der Waals surface area contributed by atoms with Crippen LogP contribution in [0.15, 0.2) is 33.6 Å². The first-order valence-electron chi connectivity index (χ1n) is 6.41. The molecular weight excluding hydrogens is 376 g/mol. The highest BCUT2D eigenvalue weighted by Gasteiger charge is 2.32. The maximum absolute atomic E-state index is 12.6. The van der Waals surface area contributed by atoms with Crippen molar-refractivity contribution in [1.82, 2.24) is 9.62 Å². The lowest BCUT2D eigenvalue weighted by molar-refractivity contribution is -0.140. The van der Waals surface area contributed by atoms with E-state index >= 15 is 0 Å². The van der Waals surface area contributed by atoms with Gasteiger partial charge in [0.2, 0.25) is 15.9 Å². The number of hydrogen-bond donors (Lipinski definition) is 2. The molecule has 1 unspecified atom stereocenters. The van der Waals surface area contributed by atoms with E-state index in [0.29, 0.717) is 4.47 Å². The summed E-state index contributed by atoms with van der Waals surface area (Å²) in [4.78, 5) is 22.0. The quantitative estimate of drug-likeness (QED) is 0.721. The number of amides is 1. The topological polar surface area (TPSA) is 104 Å². The average Bonchev–Trinajstić information content (AvgIpc) is 2.42. The minimum absolute atomic E-state index is 0.00775. The summed E-state index contributed by atoms with van der Waals surface area (Å²) in [5, 5.41) is 11.6. The third-order valence-corrected chi connectivity index (χ3v) is 5.43. The number of benzene rings is 1. The summed E-state index contributed by atoms with van der Waals surface area (Å²) in [7, 11) is -3.98. The molecule has 0 aliphatic heterocycles. The molecule has 0 aromatic heterocycles. The number of carboxylic acids is 1. The first kappa shape index (κ1) is 18.6. The Bertz CT molecular complexity index is 645. The molecule has 1 amide bonds. The van der Waals surface area contributed by atoms with Gasteiger partial charge in [0.1, 0.15) is 6.04 Å². The van der Waals surface area contributed by atoms with Crippen LogP contribution in [0.3, 0.4) is 0 Å². The normalized spacial score (nSPS) is 12.9. The zero-order valence-electron chi connectivity index (χ0n) is 12.1. The summed E-state index contributed by atoms with van der Waals surface area (Å²) in [6.45, 7) is 2.48. The molecule has 1 rings (SSSR count). The first-order valence-corrected chi connectivity index (χ1v) is 8.64. The number of carbonyl (C=O) groups is 2. The van der Waals surface area contributed by atoms with Gasteiger partial charge in [0.25, 0.3) is 0 Å². The average molecular weight is 393 g/mol. The zero-order chi connectivity index (χ0) is 16.9. The van der Waals surface area contributed by atoms with Gasteiger partial charge in [-0.1, -0.05) is 15.9 Å². The molecule has 2 N–H and O–H groups in total. The molecule has 1 atom stereocenters. The fourth-order valence-corrected chi connectivity index (χ4v) is 3.58. The van der Waals surface area contributed by atoms with E-state index in [1.165, 1.54) is 26.0 Å². The van der Waals surface area contributed by atoms with Crippen LogP contribution in [0.2, 0.25) is 0 Å². The SMILES string of the molecule is CC(=O)NCCN(C(C)C(=O)O)S(=O)(=O)c1ccc(Br)cc1. The van der Waals surface area contributed by atoms with E-state index in [1.54, 1.807) is 12.1 Å². The van der Waals surface area contributed by atoms with Crippen LogP contribution in [0, 0.1) is 0 Å². The van der Waals surface area contributed by atoms with Crippen molar-refractivity contribution in [3.8, 4) is 0 Å². The largest absolute Gasteiger partial charge is 0.480 e. The number of halogens is 1. The van der Waals surface area contributed by atoms with Crippen LogP contribution in [0.25, 0.3) is 0 Å². The number of carbonyl (C=O) groups excluding carboxylic acids is 1. The molecular formula is C13H17BrN2O5S. The molecule has 1 aromatic rings. The Morgan fingerprint density at radius 2 is 1.86 bits per heavy atom. The second kappa shape index (κ2) is 7.70. The van der Waals surface area contributed by atoms with Crippen molar-refractivity contribution in [2.45, 2.75) is 24.8 Å². The van der Waals surface area contributed by atoms with E-state index in [9.17, 15) is 18.0 Å². The lowest BCUT2D eigenvalue weighted by atomic mass is 10.3. The molecule has 0 saturated carbocycles. The maximum Gasteiger partial charge on any atom is 0.321 e. The number of nitrogens with zero attached hydrogens (tertiary/aromatic N) is 1. The molecule has 0 radical (unpaired) electrons. The van der Waals surface area contributed by atoms with E-state index < -0.39 is 22.0 Å². The van der Waals surface area contributed by atoms with E-state index in [1.807, 2.05) is 0 Å². The molecule has 122 valence electrons. The van der Waals surface area contributed by atoms with Gasteiger partial charge in [-0.05, 0) is 31.2 Å². The highest BCUT2D eigenvalue weighted by Crippen LogP contribution is 2.20. The Labute approximate surface area is 137 Å². The third kappa shape index (κ3) is 4.79. The minimum Gasteiger partial charge on any atom is -0.480 e. The van der Waals surface area contributed by atoms with Gasteiger partial charge in [-0.2, -0.15) is 4.31 Å². The van der Waals surface area contributed by atoms with Crippen molar-refractivity contribution >= 4 is 37.8 Å². The molecule has 0 fully saturated rings. The summed E-state index contributed by atoms with van der Waals surface area (Å²) in [5.41, 5.74) is 0. The highest BCUT2D eigenvalue weighted by atomic mass is 79.9. The van der Waals surface area contributed by atoms with E-state index in [4.69, 9.17) is 5.11 Å². The van der Waals surface area contributed by atoms with Crippen LogP contribution in [-0.2, 0) is 19.6 Å². The van der Waals surface area contributed by atoms with Crippen molar-refractivity contribution in [2.24, 2.45) is 0 Å². The number of carboxylic acid groups (broad SMARTS) is 1. The molecule has 0 heterocycles. The monoisotopic (exact) mass is 392 g/mol. The Morgan fingerprint density at radius 1 is 1.32 bits per heavy atom. The number of aliphatic carboxylic acids is 1. The van der Waals surface area contributed by atoms with Gasteiger partial charge in [-0.3, -0.25) is 9.59 Å². The minimum atomic E-state index is -3.98. The summed E-state index contributed by atoms with van der Waals surface area (Å²) in [5.74, 6) is -1.58. The molecule has 22 heavy (non-hydrogen) atoms. The van der Waals surface area contributed by atoms with Crippen LogP contribution in [-0.4, -0.2) is 48.8 Å². The summed E-state index contributed by atoms with van der Waals surface area (Å²) in [6, 6.07) is 4.65. The Kier molecular flexibility index (Phi) is 6.51. The highest BCUT2D eigenvalue weighted by molar-refractivity contribution is 9.10. The van der Waals surface area contributed by atoms with Gasteiger partial charge >= 0.3 is 5.97 Å². The van der Waals surface area contributed by atoms with Crippen molar-refractivity contribution < 1.29 is 23.1 Å². The van der Waals surface area contributed by atoms with Crippen molar-refractivity contribution in [2.75, 3.05) is 13.1 Å². The van der Waals surface area contributed by atoms with Gasteiger partial charge in [-0.25, -0.2) is 8.42 Å². The van der Waals surface area contributed by atoms with Gasteiger partial charge < -0.3 is 10.4 Å². The van der Waals surface area contributed by atoms with Crippen LogP contribution >= 0.6 is 15.9 Å². The Morgan fingerprint density at radius 3 is 2.32 bits per heavy atom. The number of rotatable bonds is 7. The second-order valence-electron chi connectivity index (χ2n) is 4.57. The Hall–Kier alpha value is -1.45. The summed E-state index contributed by atoms with van der Waals surface area (Å²) >= 11 is 3.21. The molecule has 0 bridgehead atoms. The molecule has 0 saturated heterocycles. The van der Waals surface area contributed by atoms with Crippen LogP contribution in [0.1, 0.15) is 13.8 Å². The lowest BCUT2D eigenvalue weighted by Gasteiger charge is -2.25. The van der Waals surface area contributed by atoms with E-state index in [0.717, 1.165) is 4.31 Å². The van der Waals surface area contributed by atoms with Gasteiger partial charge in [0.05, 0.1) is 4.90 Å².